The monoisotopic (exact) mass is 730 g/mol. The number of anilines is 4. The summed E-state index contributed by atoms with van der Waals surface area (Å²) >= 11 is 0. The molecule has 2 N–H and O–H groups in total. The van der Waals surface area contributed by atoms with Crippen molar-refractivity contribution in [2.24, 2.45) is 0 Å². The zero-order valence-corrected chi connectivity index (χ0v) is 31.3. The lowest BCUT2D eigenvalue weighted by atomic mass is 9.95. The van der Waals surface area contributed by atoms with Gasteiger partial charge in [0, 0.05) is 54.1 Å². The van der Waals surface area contributed by atoms with Gasteiger partial charge in [0.1, 0.15) is 19.5 Å². The van der Waals surface area contributed by atoms with Crippen molar-refractivity contribution in [3.8, 4) is 56.7 Å². The van der Waals surface area contributed by atoms with Crippen molar-refractivity contribution in [2.45, 2.75) is 26.7 Å². The Labute approximate surface area is 327 Å². The molecule has 3 aliphatic heterocycles. The van der Waals surface area contributed by atoms with Gasteiger partial charge >= 0.3 is 0 Å². The number of imidazole rings is 2. The Kier molecular flexibility index (Phi) is 9.46. The number of hydrogen-bond acceptors (Lipinski definition) is 7. The molecule has 272 valence electrons. The van der Waals surface area contributed by atoms with Gasteiger partial charge in [-0.3, -0.25) is 4.57 Å². The maximum absolute atomic E-state index is 6.61. The summed E-state index contributed by atoms with van der Waals surface area (Å²) in [4.78, 5) is 18.9. The fraction of sp³-hybridized carbons (Fsp3) is 0.130. The summed E-state index contributed by atoms with van der Waals surface area (Å²) < 4.78 is 9.06. The highest BCUT2D eigenvalue weighted by Gasteiger charge is 2.25. The largest absolute Gasteiger partial charge is 0.381 e. The van der Waals surface area contributed by atoms with Gasteiger partial charge in [0.05, 0.1) is 34.1 Å². The molecule has 4 aromatic carbocycles. The quantitative estimate of drug-likeness (QED) is 0.171. The molecule has 0 aliphatic carbocycles. The zero-order chi connectivity index (χ0) is 38.0. The van der Waals surface area contributed by atoms with Crippen molar-refractivity contribution in [1.29, 1.82) is 0 Å². The number of para-hydroxylation sites is 2. The van der Waals surface area contributed by atoms with Crippen LogP contribution in [0.1, 0.15) is 24.0 Å². The number of aryl methyl sites for hydroxylation is 2. The molecule has 0 unspecified atom stereocenters. The van der Waals surface area contributed by atoms with Crippen LogP contribution in [0, 0.1) is 13.8 Å². The molecule has 0 saturated carbocycles. The van der Waals surface area contributed by atoms with E-state index in [1.807, 2.05) is 71.3 Å². The highest BCUT2D eigenvalue weighted by molar-refractivity contribution is 6.35. The summed E-state index contributed by atoms with van der Waals surface area (Å²) in [6.45, 7) is 6.19. The number of nitrogens with zero attached hydrogens (tertiary/aromatic N) is 6. The van der Waals surface area contributed by atoms with Crippen molar-refractivity contribution >= 4 is 36.5 Å². The number of rotatable bonds is 2. The second-order valence-electron chi connectivity index (χ2n) is 13.9. The third kappa shape index (κ3) is 6.54. The van der Waals surface area contributed by atoms with Crippen molar-refractivity contribution in [1.82, 2.24) is 29.1 Å². The molecule has 9 nitrogen and oxygen atoms in total. The molecule has 4 aromatic heterocycles. The van der Waals surface area contributed by atoms with E-state index in [9.17, 15) is 0 Å². The molecule has 10 heteroatoms. The molecular weight excluding hydrogens is 691 g/mol. The first-order valence-electron chi connectivity index (χ1n) is 18.9. The topological polar surface area (TPSA) is 94.7 Å². The van der Waals surface area contributed by atoms with Crippen LogP contribution in [0.2, 0.25) is 0 Å². The Hall–Kier alpha value is -6.78. The summed E-state index contributed by atoms with van der Waals surface area (Å²) in [6.07, 6.45) is 8.23. The Morgan fingerprint density at radius 3 is 1.71 bits per heavy atom. The second kappa shape index (κ2) is 15.2. The lowest BCUT2D eigenvalue weighted by molar-refractivity contribution is 0.198. The average Bonchev–Trinajstić information content (AvgIpc) is 3.99. The SMILES string of the molecule is C1CCOC1.Cc1ccccc1-c1cn2c(n1)-c1ccccc1Nc1ncccc1-2.[B]c1c(-c2ccccc2C)nc2n1-c1cccnc1Nc1ccccc1-2. The van der Waals surface area contributed by atoms with Crippen LogP contribution in [0.3, 0.4) is 0 Å². The predicted octanol–water partition coefficient (Wildman–Crippen LogP) is 9.52. The minimum atomic E-state index is 0.613. The molecule has 0 atom stereocenters. The van der Waals surface area contributed by atoms with Gasteiger partial charge in [-0.25, -0.2) is 19.9 Å². The van der Waals surface area contributed by atoms with Gasteiger partial charge in [0.15, 0.2) is 11.6 Å². The number of aromatic nitrogens is 6. The Bertz CT molecular complexity index is 2620. The van der Waals surface area contributed by atoms with E-state index < -0.39 is 0 Å². The van der Waals surface area contributed by atoms with E-state index in [0.29, 0.717) is 5.59 Å². The number of fused-ring (bicyclic) bond motifs is 10. The van der Waals surface area contributed by atoms with Crippen molar-refractivity contribution < 1.29 is 4.74 Å². The van der Waals surface area contributed by atoms with Gasteiger partial charge in [0.2, 0.25) is 0 Å². The molecule has 56 heavy (non-hydrogen) atoms. The van der Waals surface area contributed by atoms with Crippen molar-refractivity contribution in [3.63, 3.8) is 0 Å². The fourth-order valence-corrected chi connectivity index (χ4v) is 7.34. The summed E-state index contributed by atoms with van der Waals surface area (Å²) in [7, 11) is 6.61. The van der Waals surface area contributed by atoms with E-state index in [-0.39, 0.29) is 0 Å². The van der Waals surface area contributed by atoms with E-state index in [1.54, 1.807) is 12.4 Å². The van der Waals surface area contributed by atoms with Crippen molar-refractivity contribution in [3.05, 3.63) is 151 Å². The normalized spacial score (nSPS) is 12.8. The third-order valence-electron chi connectivity index (χ3n) is 10.2. The summed E-state index contributed by atoms with van der Waals surface area (Å²) in [5.41, 5.74) is 12.9. The van der Waals surface area contributed by atoms with Crippen LogP contribution in [0.4, 0.5) is 23.0 Å². The zero-order valence-electron chi connectivity index (χ0n) is 31.3. The second-order valence-corrected chi connectivity index (χ2v) is 13.9. The van der Waals surface area contributed by atoms with Gasteiger partial charge in [-0.2, -0.15) is 0 Å². The standard InChI is InChI=1S/C21H15BN4.C21H16N4.C4H8O/c1-13-7-2-3-8-14(13)18-19(22)26-17-11-6-12-23-20(17)24-16-10-5-4-9-15(16)21(26)25-18;1-14-7-2-3-8-15(14)18-13-25-19-11-6-12-22-20(19)23-17-10-5-4-9-16(17)21(25)24-18;1-2-4-5-3-1/h2-12H,1H3,(H,23,24);2-13H,1H3,(H,22,23);1-4H2. The van der Waals surface area contributed by atoms with Gasteiger partial charge in [-0.1, -0.05) is 72.8 Å². The molecule has 2 radical (unpaired) electrons. The van der Waals surface area contributed by atoms with Crippen LogP contribution in [0.5, 0.6) is 0 Å². The van der Waals surface area contributed by atoms with Gasteiger partial charge in [-0.15, -0.1) is 0 Å². The molecule has 7 heterocycles. The summed E-state index contributed by atoms with van der Waals surface area (Å²) in [5.74, 6) is 3.34. The first-order valence-corrected chi connectivity index (χ1v) is 18.9. The van der Waals surface area contributed by atoms with Gasteiger partial charge in [0.25, 0.3) is 0 Å². The lowest BCUT2D eigenvalue weighted by Gasteiger charge is -2.11. The van der Waals surface area contributed by atoms with E-state index in [2.05, 4.69) is 99.8 Å². The van der Waals surface area contributed by atoms with Crippen LogP contribution in [0.15, 0.2) is 140 Å². The van der Waals surface area contributed by atoms with E-state index in [4.69, 9.17) is 22.6 Å². The van der Waals surface area contributed by atoms with Gasteiger partial charge < -0.3 is 19.9 Å². The summed E-state index contributed by atoms with van der Waals surface area (Å²) in [6, 6.07) is 40.7. The number of ether oxygens (including phenoxy) is 1. The van der Waals surface area contributed by atoms with Crippen LogP contribution in [0.25, 0.3) is 56.7 Å². The van der Waals surface area contributed by atoms with E-state index >= 15 is 0 Å². The number of hydrogen-bond donors (Lipinski definition) is 2. The first-order chi connectivity index (χ1) is 27.5. The average molecular weight is 731 g/mol. The first kappa shape index (κ1) is 35.0. The third-order valence-corrected chi connectivity index (χ3v) is 10.2. The minimum absolute atomic E-state index is 0.613. The molecule has 8 aromatic rings. The Morgan fingerprint density at radius 2 is 1.11 bits per heavy atom. The Morgan fingerprint density at radius 1 is 0.571 bits per heavy atom. The smallest absolute Gasteiger partial charge is 0.154 e. The molecular formula is C46H39BN8O. The molecule has 11 rings (SSSR count). The maximum atomic E-state index is 6.61. The molecule has 0 amide bonds. The molecule has 0 spiro atoms. The van der Waals surface area contributed by atoms with Crippen LogP contribution in [-0.2, 0) is 4.74 Å². The lowest BCUT2D eigenvalue weighted by Crippen LogP contribution is -2.18. The maximum Gasteiger partial charge on any atom is 0.154 e. The van der Waals surface area contributed by atoms with Crippen LogP contribution >= 0.6 is 0 Å². The summed E-state index contributed by atoms with van der Waals surface area (Å²) in [5, 5.41) is 6.84. The van der Waals surface area contributed by atoms with Crippen LogP contribution < -0.4 is 16.2 Å². The highest BCUT2D eigenvalue weighted by atomic mass is 16.5. The predicted molar refractivity (Wildman–Crippen MR) is 226 cm³/mol. The molecule has 0 bridgehead atoms. The molecule has 1 saturated heterocycles. The molecule has 1 fully saturated rings. The highest BCUT2D eigenvalue weighted by Crippen LogP contribution is 2.40. The van der Waals surface area contributed by atoms with Crippen LogP contribution in [-0.4, -0.2) is 50.1 Å². The number of benzene rings is 4. The van der Waals surface area contributed by atoms with E-state index in [0.717, 1.165) is 98.5 Å². The van der Waals surface area contributed by atoms with Crippen molar-refractivity contribution in [2.75, 3.05) is 23.8 Å². The van der Waals surface area contributed by atoms with Gasteiger partial charge in [-0.05, 0) is 91.9 Å². The number of nitrogens with one attached hydrogen (secondary N) is 2. The molecule has 3 aliphatic rings. The number of pyridine rings is 2. The minimum Gasteiger partial charge on any atom is -0.381 e. The fourth-order valence-electron chi connectivity index (χ4n) is 7.34. The van der Waals surface area contributed by atoms with E-state index in [1.165, 1.54) is 18.4 Å². The Balaban J connectivity index is 0.000000130.